The second kappa shape index (κ2) is 6.89. The van der Waals surface area contributed by atoms with Gasteiger partial charge in [-0.25, -0.2) is 13.2 Å². The normalized spacial score (nSPS) is 16.9. The lowest BCUT2D eigenvalue weighted by Gasteiger charge is -2.35. The van der Waals surface area contributed by atoms with Gasteiger partial charge >= 0.3 is 6.09 Å². The summed E-state index contributed by atoms with van der Waals surface area (Å²) in [6.07, 6.45) is -0.424. The van der Waals surface area contributed by atoms with Crippen LogP contribution in [-0.4, -0.2) is 55.5 Å². The van der Waals surface area contributed by atoms with Gasteiger partial charge in [0.2, 0.25) is 10.0 Å². The largest absolute Gasteiger partial charge is 0.444 e. The molecule has 0 aromatic heterocycles. The van der Waals surface area contributed by atoms with Crippen LogP contribution in [0, 0.1) is 0 Å². The van der Waals surface area contributed by atoms with E-state index < -0.39 is 21.7 Å². The number of nitrogens with two attached hydrogens (primary N) is 1. The van der Waals surface area contributed by atoms with Gasteiger partial charge < -0.3 is 15.4 Å². The quantitative estimate of drug-likeness (QED) is 0.741. The third-order valence-electron chi connectivity index (χ3n) is 3.50. The molecule has 0 radical (unpaired) electrons. The molecular weight excluding hydrogens is 398 g/mol. The molecular formula is C15H22BrN3O4S. The number of hydrogen-bond donors (Lipinski definition) is 1. The SMILES string of the molecule is CC(C)(C)OC(=O)N1CCN(S(=O)(=O)c2ccc(Br)c(N)c2)CC1. The fourth-order valence-electron chi connectivity index (χ4n) is 2.27. The summed E-state index contributed by atoms with van der Waals surface area (Å²) in [5, 5.41) is 0. The Balaban J connectivity index is 2.05. The number of sulfonamides is 1. The number of hydrogen-bond acceptors (Lipinski definition) is 5. The Kier molecular flexibility index (Phi) is 5.46. The Morgan fingerprint density at radius 1 is 1.21 bits per heavy atom. The van der Waals surface area contributed by atoms with Gasteiger partial charge in [0.25, 0.3) is 0 Å². The zero-order valence-electron chi connectivity index (χ0n) is 14.0. The van der Waals surface area contributed by atoms with E-state index in [1.807, 2.05) is 0 Å². The van der Waals surface area contributed by atoms with Crippen LogP contribution in [-0.2, 0) is 14.8 Å². The molecule has 2 N–H and O–H groups in total. The van der Waals surface area contributed by atoms with Crippen molar-refractivity contribution in [2.45, 2.75) is 31.3 Å². The van der Waals surface area contributed by atoms with Crippen molar-refractivity contribution in [1.29, 1.82) is 0 Å². The number of nitrogens with zero attached hydrogens (tertiary/aromatic N) is 2. The number of rotatable bonds is 2. The summed E-state index contributed by atoms with van der Waals surface area (Å²) in [5.74, 6) is 0. The second-order valence-electron chi connectivity index (χ2n) is 6.55. The molecule has 1 aromatic rings. The van der Waals surface area contributed by atoms with Crippen molar-refractivity contribution in [2.24, 2.45) is 0 Å². The summed E-state index contributed by atoms with van der Waals surface area (Å²) in [5.41, 5.74) is 5.56. The van der Waals surface area contributed by atoms with Crippen LogP contribution >= 0.6 is 15.9 Å². The molecule has 24 heavy (non-hydrogen) atoms. The first-order valence-corrected chi connectivity index (χ1v) is 9.77. The van der Waals surface area contributed by atoms with Crippen molar-refractivity contribution < 1.29 is 17.9 Å². The molecule has 1 saturated heterocycles. The number of nitrogen functional groups attached to an aromatic ring is 1. The number of benzene rings is 1. The lowest BCUT2D eigenvalue weighted by Crippen LogP contribution is -2.51. The first kappa shape index (κ1) is 19.0. The third-order valence-corrected chi connectivity index (χ3v) is 6.11. The van der Waals surface area contributed by atoms with Gasteiger partial charge in [0, 0.05) is 36.3 Å². The summed E-state index contributed by atoms with van der Waals surface area (Å²) < 4.78 is 32.7. The van der Waals surface area contributed by atoms with Crippen molar-refractivity contribution in [3.63, 3.8) is 0 Å². The molecule has 0 spiro atoms. The van der Waals surface area contributed by atoms with Crippen molar-refractivity contribution in [3.05, 3.63) is 22.7 Å². The fraction of sp³-hybridized carbons (Fsp3) is 0.533. The Morgan fingerprint density at radius 3 is 2.29 bits per heavy atom. The van der Waals surface area contributed by atoms with E-state index in [0.29, 0.717) is 23.2 Å². The number of halogens is 1. The first-order valence-electron chi connectivity index (χ1n) is 7.54. The number of carbonyl (C=O) groups excluding carboxylic acids is 1. The maximum absolute atomic E-state index is 12.7. The van der Waals surface area contributed by atoms with Crippen molar-refractivity contribution in [1.82, 2.24) is 9.21 Å². The molecule has 1 aliphatic rings. The molecule has 0 saturated carbocycles. The molecule has 0 atom stereocenters. The number of amides is 1. The molecule has 1 heterocycles. The van der Waals surface area contributed by atoms with Crippen LogP contribution in [0.1, 0.15) is 20.8 Å². The molecule has 2 rings (SSSR count). The topological polar surface area (TPSA) is 92.9 Å². The van der Waals surface area contributed by atoms with E-state index in [1.54, 1.807) is 26.8 Å². The highest BCUT2D eigenvalue weighted by atomic mass is 79.9. The summed E-state index contributed by atoms with van der Waals surface area (Å²) in [4.78, 5) is 13.7. The predicted molar refractivity (Wildman–Crippen MR) is 95.1 cm³/mol. The Bertz CT molecular complexity index is 723. The highest BCUT2D eigenvalue weighted by molar-refractivity contribution is 9.10. The van der Waals surface area contributed by atoms with Gasteiger partial charge in [-0.05, 0) is 54.9 Å². The number of carbonyl (C=O) groups is 1. The van der Waals surface area contributed by atoms with Gasteiger partial charge in [-0.1, -0.05) is 0 Å². The molecule has 0 aliphatic carbocycles. The predicted octanol–water partition coefficient (Wildman–Crippen LogP) is 2.27. The van der Waals surface area contributed by atoms with Crippen molar-refractivity contribution in [2.75, 3.05) is 31.9 Å². The van der Waals surface area contributed by atoms with Gasteiger partial charge in [-0.15, -0.1) is 0 Å². The summed E-state index contributed by atoms with van der Waals surface area (Å²) in [7, 11) is -3.63. The summed E-state index contributed by atoms with van der Waals surface area (Å²) >= 11 is 3.25. The zero-order valence-corrected chi connectivity index (χ0v) is 16.4. The zero-order chi connectivity index (χ0) is 18.1. The molecule has 1 aromatic carbocycles. The molecule has 7 nitrogen and oxygen atoms in total. The third kappa shape index (κ3) is 4.40. The fourth-order valence-corrected chi connectivity index (χ4v) is 3.97. The highest BCUT2D eigenvalue weighted by Crippen LogP contribution is 2.25. The van der Waals surface area contributed by atoms with Crippen LogP contribution in [0.15, 0.2) is 27.6 Å². The number of ether oxygens (including phenoxy) is 1. The molecule has 1 aliphatic heterocycles. The average Bonchev–Trinajstić information content (AvgIpc) is 2.48. The number of anilines is 1. The van der Waals surface area contributed by atoms with Crippen LogP contribution in [0.5, 0.6) is 0 Å². The van der Waals surface area contributed by atoms with E-state index in [0.717, 1.165) is 0 Å². The molecule has 1 amide bonds. The van der Waals surface area contributed by atoms with E-state index in [4.69, 9.17) is 10.5 Å². The minimum atomic E-state index is -3.63. The molecule has 1 fully saturated rings. The monoisotopic (exact) mass is 419 g/mol. The molecule has 134 valence electrons. The standard InChI is InChI=1S/C15H22BrN3O4S/c1-15(2,3)23-14(20)18-6-8-19(9-7-18)24(21,22)11-4-5-12(16)13(17)10-11/h4-5,10H,6-9,17H2,1-3H3. The Hall–Kier alpha value is -1.32. The molecule has 0 unspecified atom stereocenters. The second-order valence-corrected chi connectivity index (χ2v) is 9.35. The lowest BCUT2D eigenvalue weighted by atomic mass is 10.2. The minimum absolute atomic E-state index is 0.147. The first-order chi connectivity index (χ1) is 11.0. The minimum Gasteiger partial charge on any atom is -0.444 e. The van der Waals surface area contributed by atoms with Gasteiger partial charge in [0.05, 0.1) is 4.90 Å². The number of piperazine rings is 1. The van der Waals surface area contributed by atoms with Crippen LogP contribution < -0.4 is 5.73 Å². The van der Waals surface area contributed by atoms with Crippen LogP contribution in [0.4, 0.5) is 10.5 Å². The van der Waals surface area contributed by atoms with Crippen LogP contribution in [0.25, 0.3) is 0 Å². The van der Waals surface area contributed by atoms with Crippen LogP contribution in [0.3, 0.4) is 0 Å². The van der Waals surface area contributed by atoms with E-state index in [1.165, 1.54) is 21.3 Å². The van der Waals surface area contributed by atoms with Crippen molar-refractivity contribution >= 4 is 37.7 Å². The van der Waals surface area contributed by atoms with Crippen LogP contribution in [0.2, 0.25) is 0 Å². The summed E-state index contributed by atoms with van der Waals surface area (Å²) in [6, 6.07) is 4.55. The maximum Gasteiger partial charge on any atom is 0.410 e. The van der Waals surface area contributed by atoms with Gasteiger partial charge in [0.15, 0.2) is 0 Å². The average molecular weight is 420 g/mol. The van der Waals surface area contributed by atoms with Gasteiger partial charge in [0.1, 0.15) is 5.60 Å². The molecule has 0 bridgehead atoms. The van der Waals surface area contributed by atoms with E-state index in [9.17, 15) is 13.2 Å². The van der Waals surface area contributed by atoms with E-state index in [-0.39, 0.29) is 18.0 Å². The van der Waals surface area contributed by atoms with Gasteiger partial charge in [-0.2, -0.15) is 4.31 Å². The van der Waals surface area contributed by atoms with E-state index in [2.05, 4.69) is 15.9 Å². The Labute approximate surface area is 150 Å². The lowest BCUT2D eigenvalue weighted by molar-refractivity contribution is 0.0192. The van der Waals surface area contributed by atoms with Gasteiger partial charge in [-0.3, -0.25) is 0 Å². The van der Waals surface area contributed by atoms with E-state index >= 15 is 0 Å². The highest BCUT2D eigenvalue weighted by Gasteiger charge is 2.32. The summed E-state index contributed by atoms with van der Waals surface area (Å²) in [6.45, 7) is 6.41. The maximum atomic E-state index is 12.7. The molecule has 9 heteroatoms. The Morgan fingerprint density at radius 2 is 1.79 bits per heavy atom. The van der Waals surface area contributed by atoms with Crippen molar-refractivity contribution in [3.8, 4) is 0 Å². The smallest absolute Gasteiger partial charge is 0.410 e.